The van der Waals surface area contributed by atoms with Gasteiger partial charge in [0.1, 0.15) is 11.4 Å². The zero-order valence-corrected chi connectivity index (χ0v) is 24.5. The van der Waals surface area contributed by atoms with Crippen LogP contribution in [0.2, 0.25) is 0 Å². The number of aromatic nitrogens is 3. The van der Waals surface area contributed by atoms with Gasteiger partial charge in [-0.2, -0.15) is 9.97 Å². The van der Waals surface area contributed by atoms with Gasteiger partial charge in [0.05, 0.1) is 30.8 Å². The van der Waals surface area contributed by atoms with Crippen LogP contribution in [0.5, 0.6) is 5.75 Å². The first kappa shape index (κ1) is 27.0. The summed E-state index contributed by atoms with van der Waals surface area (Å²) in [6, 6.07) is 19.5. The minimum absolute atomic E-state index is 0.0896. The first-order valence-electron chi connectivity index (χ1n) is 15.1. The molecule has 3 saturated heterocycles. The van der Waals surface area contributed by atoms with Gasteiger partial charge < -0.3 is 24.8 Å². The minimum Gasteiger partial charge on any atom is -0.495 e. The largest absolute Gasteiger partial charge is 0.495 e. The van der Waals surface area contributed by atoms with Crippen LogP contribution in [0.15, 0.2) is 60.8 Å². The molecule has 0 amide bonds. The van der Waals surface area contributed by atoms with E-state index in [2.05, 4.69) is 68.4 Å². The summed E-state index contributed by atoms with van der Waals surface area (Å²) in [6.07, 6.45) is 5.16. The molecule has 0 spiro atoms. The van der Waals surface area contributed by atoms with Gasteiger partial charge in [-0.25, -0.2) is 5.06 Å². The fourth-order valence-electron chi connectivity index (χ4n) is 6.61. The van der Waals surface area contributed by atoms with Crippen molar-refractivity contribution in [1.82, 2.24) is 24.8 Å². The van der Waals surface area contributed by atoms with Crippen molar-refractivity contribution in [2.24, 2.45) is 0 Å². The highest BCUT2D eigenvalue weighted by molar-refractivity contribution is 5.89. The number of nitrogens with one attached hydrogen (secondary N) is 2. The SMILES string of the molecule is COc1cc(Nc2nc(N3OCCC3c3ccccc3)c3cc[nH]c3n2)ccc1N1CCC(N2CCN(C)CC2)CC1. The summed E-state index contributed by atoms with van der Waals surface area (Å²) >= 11 is 0. The number of rotatable bonds is 7. The van der Waals surface area contributed by atoms with Gasteiger partial charge in [-0.1, -0.05) is 30.3 Å². The van der Waals surface area contributed by atoms with Crippen molar-refractivity contribution >= 4 is 34.2 Å². The van der Waals surface area contributed by atoms with Crippen LogP contribution in [0.3, 0.4) is 0 Å². The van der Waals surface area contributed by atoms with Crippen molar-refractivity contribution in [3.63, 3.8) is 0 Å². The lowest BCUT2D eigenvalue weighted by Gasteiger charge is -2.42. The molecule has 3 aliphatic rings. The van der Waals surface area contributed by atoms with Gasteiger partial charge in [0.2, 0.25) is 5.95 Å². The van der Waals surface area contributed by atoms with Crippen LogP contribution in [0.1, 0.15) is 30.9 Å². The highest BCUT2D eigenvalue weighted by Crippen LogP contribution is 2.38. The number of likely N-dealkylation sites (N-methyl/N-ethyl adjacent to an activating group) is 1. The summed E-state index contributed by atoms with van der Waals surface area (Å²) in [5.74, 6) is 2.11. The fourth-order valence-corrected chi connectivity index (χ4v) is 6.61. The predicted octanol–water partition coefficient (Wildman–Crippen LogP) is 4.81. The highest BCUT2D eigenvalue weighted by atomic mass is 16.7. The number of benzene rings is 2. The van der Waals surface area contributed by atoms with E-state index in [4.69, 9.17) is 19.5 Å². The molecule has 2 aromatic carbocycles. The smallest absolute Gasteiger partial charge is 0.231 e. The number of methoxy groups -OCH3 is 1. The van der Waals surface area contributed by atoms with Gasteiger partial charge in [0.15, 0.2) is 5.82 Å². The van der Waals surface area contributed by atoms with E-state index in [0.717, 1.165) is 53.5 Å². The van der Waals surface area contributed by atoms with Crippen molar-refractivity contribution < 1.29 is 9.57 Å². The number of hydrogen-bond donors (Lipinski definition) is 2. The lowest BCUT2D eigenvalue weighted by atomic mass is 10.0. The zero-order valence-electron chi connectivity index (χ0n) is 24.5. The second-order valence-electron chi connectivity index (χ2n) is 11.6. The van der Waals surface area contributed by atoms with Gasteiger partial charge >= 0.3 is 0 Å². The number of piperidine rings is 1. The van der Waals surface area contributed by atoms with Crippen LogP contribution in [0.4, 0.5) is 23.1 Å². The van der Waals surface area contributed by atoms with Gasteiger partial charge in [-0.15, -0.1) is 0 Å². The maximum Gasteiger partial charge on any atom is 0.231 e. The molecule has 2 N–H and O–H groups in total. The van der Waals surface area contributed by atoms with Crippen LogP contribution in [-0.4, -0.2) is 90.8 Å². The molecule has 0 radical (unpaired) electrons. The molecule has 220 valence electrons. The number of hydrogen-bond acceptors (Lipinski definition) is 9. The molecule has 1 unspecified atom stereocenters. The summed E-state index contributed by atoms with van der Waals surface area (Å²) in [5.41, 5.74) is 3.98. The van der Waals surface area contributed by atoms with E-state index in [1.165, 1.54) is 44.6 Å². The first-order valence-corrected chi connectivity index (χ1v) is 15.1. The Morgan fingerprint density at radius 2 is 1.74 bits per heavy atom. The molecule has 7 rings (SSSR count). The Balaban J connectivity index is 1.09. The Kier molecular flexibility index (Phi) is 7.58. The van der Waals surface area contributed by atoms with E-state index in [9.17, 15) is 0 Å². The minimum atomic E-state index is 0.0896. The van der Waals surface area contributed by atoms with Crippen LogP contribution in [0, 0.1) is 0 Å². The molecule has 0 aliphatic carbocycles. The van der Waals surface area contributed by atoms with E-state index < -0.39 is 0 Å². The van der Waals surface area contributed by atoms with E-state index in [1.54, 1.807) is 7.11 Å². The molecule has 5 heterocycles. The molecular formula is C32H40N8O2. The van der Waals surface area contributed by atoms with Crippen molar-refractivity contribution in [3.05, 3.63) is 66.4 Å². The van der Waals surface area contributed by atoms with Crippen LogP contribution < -0.4 is 20.0 Å². The normalized spacial score (nSPS) is 20.9. The first-order chi connectivity index (χ1) is 20.7. The summed E-state index contributed by atoms with van der Waals surface area (Å²) < 4.78 is 5.88. The van der Waals surface area contributed by atoms with E-state index in [1.807, 2.05) is 29.5 Å². The maximum atomic E-state index is 6.13. The van der Waals surface area contributed by atoms with E-state index in [0.29, 0.717) is 18.6 Å². The van der Waals surface area contributed by atoms with Crippen molar-refractivity contribution in [2.45, 2.75) is 31.3 Å². The molecule has 10 heteroatoms. The van der Waals surface area contributed by atoms with Crippen molar-refractivity contribution in [2.75, 3.05) is 75.3 Å². The molecule has 10 nitrogen and oxygen atoms in total. The zero-order chi connectivity index (χ0) is 28.5. The molecule has 3 aliphatic heterocycles. The summed E-state index contributed by atoms with van der Waals surface area (Å²) in [7, 11) is 3.96. The van der Waals surface area contributed by atoms with E-state index in [-0.39, 0.29) is 6.04 Å². The standard InChI is InChI=1S/C32H40N8O2/c1-37-17-19-38(20-18-37)25-11-15-39(16-12-25)28-9-8-24(22-29(28)41-2)34-32-35-30-26(10-14-33-30)31(36-32)40-27(13-21-42-40)23-6-4-3-5-7-23/h3-10,14,22,25,27H,11-13,15-21H2,1-2H3,(H2,33,34,35,36). The predicted molar refractivity (Wildman–Crippen MR) is 167 cm³/mol. The molecule has 0 saturated carbocycles. The molecule has 2 aromatic heterocycles. The van der Waals surface area contributed by atoms with Crippen LogP contribution in [-0.2, 0) is 4.84 Å². The second-order valence-corrected chi connectivity index (χ2v) is 11.6. The molecule has 0 bridgehead atoms. The van der Waals surface area contributed by atoms with Gasteiger partial charge in [-0.3, -0.25) is 9.74 Å². The Morgan fingerprint density at radius 1 is 0.929 bits per heavy atom. The van der Waals surface area contributed by atoms with Gasteiger partial charge in [-0.05, 0) is 43.7 Å². The van der Waals surface area contributed by atoms with Gasteiger partial charge in [0, 0.05) is 69.7 Å². The third-order valence-corrected chi connectivity index (χ3v) is 8.99. The Labute approximate surface area is 247 Å². The summed E-state index contributed by atoms with van der Waals surface area (Å²) in [5, 5.41) is 6.29. The molecule has 4 aromatic rings. The van der Waals surface area contributed by atoms with Crippen LogP contribution in [0.25, 0.3) is 11.0 Å². The number of anilines is 4. The van der Waals surface area contributed by atoms with E-state index >= 15 is 0 Å². The van der Waals surface area contributed by atoms with Crippen LogP contribution >= 0.6 is 0 Å². The number of ether oxygens (including phenoxy) is 1. The third-order valence-electron chi connectivity index (χ3n) is 8.99. The number of fused-ring (bicyclic) bond motifs is 1. The number of aromatic amines is 1. The topological polar surface area (TPSA) is 85.0 Å². The Morgan fingerprint density at radius 3 is 2.52 bits per heavy atom. The second kappa shape index (κ2) is 11.8. The number of hydroxylamine groups is 1. The molecule has 3 fully saturated rings. The molecule has 1 atom stereocenters. The lowest BCUT2D eigenvalue weighted by Crippen LogP contribution is -2.52. The third kappa shape index (κ3) is 5.37. The Bertz CT molecular complexity index is 1500. The monoisotopic (exact) mass is 568 g/mol. The van der Waals surface area contributed by atoms with Crippen molar-refractivity contribution in [1.29, 1.82) is 0 Å². The number of H-pyrrole nitrogens is 1. The maximum absolute atomic E-state index is 6.13. The van der Waals surface area contributed by atoms with Gasteiger partial charge in [0.25, 0.3) is 0 Å². The number of piperazine rings is 1. The highest BCUT2D eigenvalue weighted by Gasteiger charge is 2.31. The summed E-state index contributed by atoms with van der Waals surface area (Å²) in [6.45, 7) is 7.41. The summed E-state index contributed by atoms with van der Waals surface area (Å²) in [4.78, 5) is 26.7. The Hall–Kier alpha value is -3.86. The molecular weight excluding hydrogens is 528 g/mol. The quantitative estimate of drug-likeness (QED) is 0.326. The lowest BCUT2D eigenvalue weighted by molar-refractivity contribution is 0.0981. The fraction of sp³-hybridized carbons (Fsp3) is 0.438. The average Bonchev–Trinajstić information content (AvgIpc) is 3.72. The number of nitrogens with zero attached hydrogens (tertiary/aromatic N) is 6. The van der Waals surface area contributed by atoms with Crippen molar-refractivity contribution in [3.8, 4) is 5.75 Å². The average molecular weight is 569 g/mol. The molecule has 42 heavy (non-hydrogen) atoms.